The van der Waals surface area contributed by atoms with Crippen molar-refractivity contribution < 1.29 is 14.3 Å². The average Bonchev–Trinajstić information content (AvgIpc) is 3.53. The lowest BCUT2D eigenvalue weighted by atomic mass is 9.95. The highest BCUT2D eigenvalue weighted by atomic mass is 32.1. The number of aryl methyl sites for hydroxylation is 1. The van der Waals surface area contributed by atoms with Crippen molar-refractivity contribution in [3.8, 4) is 0 Å². The Bertz CT molecular complexity index is 1280. The maximum absolute atomic E-state index is 13.4. The summed E-state index contributed by atoms with van der Waals surface area (Å²) in [6, 6.07) is 7.74. The number of thiophene rings is 1. The van der Waals surface area contributed by atoms with E-state index in [-0.39, 0.29) is 11.8 Å². The standard InChI is InChI=1S/C26H29N5O3S2/c32-22(18-5-3-4-16(14-18)15-31-10-12-34-13-11-31)27-25-21(19-6-1-2-7-20(19)35-25)23(33)28-26-30-29-24(36-26)17-8-9-17/h3-5,14,17H,1-2,6-13,15H2,(H,27,32)(H,28,30,33). The molecule has 1 aliphatic heterocycles. The lowest BCUT2D eigenvalue weighted by Crippen LogP contribution is -2.35. The molecule has 3 aliphatic rings. The summed E-state index contributed by atoms with van der Waals surface area (Å²) in [6.45, 7) is 4.06. The fourth-order valence-corrected chi connectivity index (χ4v) is 7.03. The van der Waals surface area contributed by atoms with Crippen molar-refractivity contribution in [3.63, 3.8) is 0 Å². The van der Waals surface area contributed by atoms with E-state index in [4.69, 9.17) is 4.74 Å². The molecule has 36 heavy (non-hydrogen) atoms. The van der Waals surface area contributed by atoms with E-state index >= 15 is 0 Å². The van der Waals surface area contributed by atoms with E-state index in [1.54, 1.807) is 0 Å². The number of amides is 2. The van der Waals surface area contributed by atoms with Crippen LogP contribution in [0.2, 0.25) is 0 Å². The number of benzene rings is 1. The molecule has 1 saturated carbocycles. The molecule has 0 radical (unpaired) electrons. The first-order valence-corrected chi connectivity index (χ1v) is 14.3. The van der Waals surface area contributed by atoms with Crippen LogP contribution in [-0.4, -0.2) is 53.2 Å². The number of morpholine rings is 1. The van der Waals surface area contributed by atoms with Crippen molar-refractivity contribution in [1.29, 1.82) is 0 Å². The molecular weight excluding hydrogens is 494 g/mol. The second kappa shape index (κ2) is 10.4. The molecule has 10 heteroatoms. The zero-order valence-corrected chi connectivity index (χ0v) is 21.7. The van der Waals surface area contributed by atoms with E-state index in [1.165, 1.54) is 27.6 Å². The van der Waals surface area contributed by atoms with Crippen LogP contribution in [0.4, 0.5) is 10.1 Å². The molecule has 0 bridgehead atoms. The van der Waals surface area contributed by atoms with Gasteiger partial charge in [0.25, 0.3) is 11.8 Å². The summed E-state index contributed by atoms with van der Waals surface area (Å²) in [7, 11) is 0. The Morgan fingerprint density at radius 3 is 2.69 bits per heavy atom. The van der Waals surface area contributed by atoms with Gasteiger partial charge in [0, 0.05) is 36.0 Å². The Hall–Kier alpha value is -2.66. The Morgan fingerprint density at radius 1 is 1.03 bits per heavy atom. The van der Waals surface area contributed by atoms with Gasteiger partial charge in [-0.3, -0.25) is 19.8 Å². The molecule has 0 spiro atoms. The summed E-state index contributed by atoms with van der Waals surface area (Å²) in [5.74, 6) is 0.0820. The van der Waals surface area contributed by atoms with Crippen molar-refractivity contribution in [3.05, 3.63) is 56.4 Å². The van der Waals surface area contributed by atoms with Gasteiger partial charge < -0.3 is 10.1 Å². The molecule has 2 amide bonds. The molecule has 6 rings (SSSR count). The van der Waals surface area contributed by atoms with E-state index in [0.29, 0.717) is 27.2 Å². The van der Waals surface area contributed by atoms with Gasteiger partial charge in [0.1, 0.15) is 10.0 Å². The lowest BCUT2D eigenvalue weighted by molar-refractivity contribution is 0.0342. The molecule has 3 aromatic rings. The topological polar surface area (TPSA) is 96.5 Å². The molecule has 2 N–H and O–H groups in total. The molecule has 188 valence electrons. The fraction of sp³-hybridized carbons (Fsp3) is 0.462. The van der Waals surface area contributed by atoms with Gasteiger partial charge in [0.15, 0.2) is 0 Å². The number of nitrogens with one attached hydrogen (secondary N) is 2. The van der Waals surface area contributed by atoms with Gasteiger partial charge in [-0.15, -0.1) is 21.5 Å². The average molecular weight is 524 g/mol. The Morgan fingerprint density at radius 2 is 1.86 bits per heavy atom. The number of aromatic nitrogens is 2. The minimum Gasteiger partial charge on any atom is -0.379 e. The second-order valence-electron chi connectivity index (χ2n) is 9.63. The van der Waals surface area contributed by atoms with Crippen LogP contribution >= 0.6 is 22.7 Å². The van der Waals surface area contributed by atoms with Crippen LogP contribution in [0.3, 0.4) is 0 Å². The SMILES string of the molecule is O=C(Nc1sc2c(c1C(=O)Nc1nnc(C3CC3)s1)CCCC2)c1cccc(CN2CCOCC2)c1. The van der Waals surface area contributed by atoms with E-state index < -0.39 is 0 Å². The normalized spacial score (nSPS) is 18.0. The number of rotatable bonds is 7. The lowest BCUT2D eigenvalue weighted by Gasteiger charge is -2.26. The minimum absolute atomic E-state index is 0.196. The number of nitrogens with zero attached hydrogens (tertiary/aromatic N) is 3. The maximum atomic E-state index is 13.4. The summed E-state index contributed by atoms with van der Waals surface area (Å²) < 4.78 is 5.44. The Kier molecular flexibility index (Phi) is 6.83. The molecule has 3 heterocycles. The summed E-state index contributed by atoms with van der Waals surface area (Å²) in [4.78, 5) is 30.2. The van der Waals surface area contributed by atoms with E-state index in [1.807, 2.05) is 24.3 Å². The van der Waals surface area contributed by atoms with Gasteiger partial charge in [-0.2, -0.15) is 0 Å². The van der Waals surface area contributed by atoms with Crippen molar-refractivity contribution in [2.45, 2.75) is 51.0 Å². The highest BCUT2D eigenvalue weighted by Crippen LogP contribution is 2.43. The predicted molar refractivity (Wildman–Crippen MR) is 141 cm³/mol. The number of fused-ring (bicyclic) bond motifs is 1. The van der Waals surface area contributed by atoms with Gasteiger partial charge >= 0.3 is 0 Å². The maximum Gasteiger partial charge on any atom is 0.260 e. The number of carbonyl (C=O) groups is 2. The first-order valence-electron chi connectivity index (χ1n) is 12.6. The first kappa shape index (κ1) is 23.7. The van der Waals surface area contributed by atoms with Crippen LogP contribution < -0.4 is 10.6 Å². The number of ether oxygens (including phenoxy) is 1. The van der Waals surface area contributed by atoms with Crippen LogP contribution in [0.1, 0.15) is 73.3 Å². The third-order valence-electron chi connectivity index (χ3n) is 6.91. The van der Waals surface area contributed by atoms with E-state index in [9.17, 15) is 9.59 Å². The third kappa shape index (κ3) is 5.22. The first-order chi connectivity index (χ1) is 17.6. The van der Waals surface area contributed by atoms with Gasteiger partial charge in [0.05, 0.1) is 18.8 Å². The van der Waals surface area contributed by atoms with Crippen LogP contribution in [0.15, 0.2) is 24.3 Å². The Balaban J connectivity index is 1.21. The van der Waals surface area contributed by atoms with Gasteiger partial charge in [-0.05, 0) is 61.8 Å². The molecule has 2 aliphatic carbocycles. The molecular formula is C26H29N5O3S2. The van der Waals surface area contributed by atoms with Crippen LogP contribution in [0.25, 0.3) is 0 Å². The summed E-state index contributed by atoms with van der Waals surface area (Å²) >= 11 is 2.98. The van der Waals surface area contributed by atoms with Crippen molar-refractivity contribution in [2.75, 3.05) is 36.9 Å². The van der Waals surface area contributed by atoms with Gasteiger partial charge in [0.2, 0.25) is 5.13 Å². The van der Waals surface area contributed by atoms with Crippen molar-refractivity contribution in [2.24, 2.45) is 0 Å². The van der Waals surface area contributed by atoms with E-state index in [2.05, 4.69) is 25.7 Å². The summed E-state index contributed by atoms with van der Waals surface area (Å²) in [5.41, 5.74) is 3.33. The largest absolute Gasteiger partial charge is 0.379 e. The Labute approximate surface area is 218 Å². The van der Waals surface area contributed by atoms with Crippen LogP contribution in [-0.2, 0) is 24.1 Å². The van der Waals surface area contributed by atoms with Gasteiger partial charge in [-0.1, -0.05) is 23.5 Å². The molecule has 1 saturated heterocycles. The molecule has 2 aromatic heterocycles. The van der Waals surface area contributed by atoms with Crippen LogP contribution in [0.5, 0.6) is 0 Å². The highest BCUT2D eigenvalue weighted by Gasteiger charge is 2.30. The molecule has 0 unspecified atom stereocenters. The monoisotopic (exact) mass is 523 g/mol. The molecule has 8 nitrogen and oxygen atoms in total. The predicted octanol–water partition coefficient (Wildman–Crippen LogP) is 4.69. The van der Waals surface area contributed by atoms with Crippen LogP contribution in [0, 0.1) is 0 Å². The number of carbonyl (C=O) groups excluding carboxylic acids is 2. The minimum atomic E-state index is -0.218. The highest BCUT2D eigenvalue weighted by molar-refractivity contribution is 7.17. The summed E-state index contributed by atoms with van der Waals surface area (Å²) in [6.07, 6.45) is 6.23. The quantitative estimate of drug-likeness (QED) is 0.466. The summed E-state index contributed by atoms with van der Waals surface area (Å²) in [5, 5.41) is 16.6. The fourth-order valence-electron chi connectivity index (χ4n) is 4.84. The number of hydrogen-bond donors (Lipinski definition) is 2. The molecule has 2 fully saturated rings. The van der Waals surface area contributed by atoms with Crippen molar-refractivity contribution >= 4 is 44.6 Å². The molecule has 0 atom stereocenters. The third-order valence-corrected chi connectivity index (χ3v) is 9.12. The molecule has 1 aromatic carbocycles. The smallest absolute Gasteiger partial charge is 0.260 e. The number of hydrogen-bond acceptors (Lipinski definition) is 8. The van der Waals surface area contributed by atoms with Crippen molar-refractivity contribution in [1.82, 2.24) is 15.1 Å². The van der Waals surface area contributed by atoms with Gasteiger partial charge in [-0.25, -0.2) is 0 Å². The second-order valence-corrected chi connectivity index (χ2v) is 11.7. The zero-order chi connectivity index (χ0) is 24.5. The number of anilines is 2. The zero-order valence-electron chi connectivity index (χ0n) is 20.0. The van der Waals surface area contributed by atoms with E-state index in [0.717, 1.165) is 87.5 Å².